The minimum atomic E-state index is 0.0705. The van der Waals surface area contributed by atoms with Crippen LogP contribution >= 0.6 is 0 Å². The molecule has 4 nitrogen and oxygen atoms in total. The molecule has 1 fully saturated rings. The van der Waals surface area contributed by atoms with Crippen molar-refractivity contribution in [3.8, 4) is 0 Å². The van der Waals surface area contributed by atoms with Crippen LogP contribution in [0.2, 0.25) is 0 Å². The molecule has 1 aliphatic rings. The quantitative estimate of drug-likeness (QED) is 0.645. The van der Waals surface area contributed by atoms with Crippen LogP contribution < -0.4 is 5.73 Å². The number of nitrogens with two attached hydrogens (primary N) is 1. The predicted molar refractivity (Wildman–Crippen MR) is 72.2 cm³/mol. The van der Waals surface area contributed by atoms with E-state index in [2.05, 4.69) is 30.9 Å². The zero-order valence-corrected chi connectivity index (χ0v) is 11.9. The van der Waals surface area contributed by atoms with Crippen LogP contribution in [0.15, 0.2) is 0 Å². The molecule has 4 heteroatoms. The molecule has 102 valence electrons. The van der Waals surface area contributed by atoms with E-state index in [1.165, 1.54) is 19.3 Å². The highest BCUT2D eigenvalue weighted by Gasteiger charge is 2.46. The molecule has 0 amide bonds. The lowest BCUT2D eigenvalue weighted by Gasteiger charge is -2.41. The smallest absolute Gasteiger partial charge is 0.0661 e. The summed E-state index contributed by atoms with van der Waals surface area (Å²) in [6.07, 6.45) is 3.79. The van der Waals surface area contributed by atoms with Crippen LogP contribution in [0.1, 0.15) is 19.3 Å². The fraction of sp³-hybridized carbons (Fsp3) is 1.00. The Labute approximate surface area is 106 Å². The highest BCUT2D eigenvalue weighted by Crippen LogP contribution is 2.42. The molecule has 0 saturated heterocycles. The molecule has 0 heterocycles. The Hall–Kier alpha value is -0.160. The standard InChI is InChI=1S/C13H29N3O/c1-15(2)8-5-9-16(3)13(10-14,11-17-4)12-6-7-12/h12H,5-11,14H2,1-4H3. The second kappa shape index (κ2) is 6.69. The zero-order chi connectivity index (χ0) is 12.9. The minimum Gasteiger partial charge on any atom is -0.383 e. The molecular weight excluding hydrogens is 214 g/mol. The molecule has 2 N–H and O–H groups in total. The third-order valence-corrected chi connectivity index (χ3v) is 3.94. The van der Waals surface area contributed by atoms with Crippen LogP contribution in [-0.2, 0) is 4.74 Å². The Kier molecular flexibility index (Phi) is 5.86. The fourth-order valence-corrected chi connectivity index (χ4v) is 2.64. The second-order valence-electron chi connectivity index (χ2n) is 5.59. The van der Waals surface area contributed by atoms with Gasteiger partial charge in [0.1, 0.15) is 0 Å². The van der Waals surface area contributed by atoms with Gasteiger partial charge in [0.05, 0.1) is 12.1 Å². The van der Waals surface area contributed by atoms with Crippen molar-refractivity contribution in [3.05, 3.63) is 0 Å². The molecule has 0 aromatic heterocycles. The topological polar surface area (TPSA) is 41.7 Å². The molecule has 0 bridgehead atoms. The third kappa shape index (κ3) is 3.91. The zero-order valence-electron chi connectivity index (χ0n) is 11.9. The van der Waals surface area contributed by atoms with Crippen LogP contribution in [0.25, 0.3) is 0 Å². The molecule has 0 radical (unpaired) electrons. The highest BCUT2D eigenvalue weighted by atomic mass is 16.5. The normalized spacial score (nSPS) is 19.9. The van der Waals surface area contributed by atoms with E-state index in [0.29, 0.717) is 6.54 Å². The van der Waals surface area contributed by atoms with Crippen molar-refractivity contribution >= 4 is 0 Å². The summed E-state index contributed by atoms with van der Waals surface area (Å²) < 4.78 is 5.42. The van der Waals surface area contributed by atoms with Crippen molar-refractivity contribution in [1.29, 1.82) is 0 Å². The highest BCUT2D eigenvalue weighted by molar-refractivity contribution is 5.02. The first-order chi connectivity index (χ1) is 8.06. The number of hydrogen-bond donors (Lipinski definition) is 1. The Morgan fingerprint density at radius 1 is 1.24 bits per heavy atom. The van der Waals surface area contributed by atoms with Crippen molar-refractivity contribution in [2.75, 3.05) is 54.5 Å². The van der Waals surface area contributed by atoms with Gasteiger partial charge in [-0.2, -0.15) is 0 Å². The molecule has 0 spiro atoms. The lowest BCUT2D eigenvalue weighted by Crippen LogP contribution is -2.57. The van der Waals surface area contributed by atoms with Gasteiger partial charge in [-0.1, -0.05) is 0 Å². The molecule has 0 aromatic rings. The van der Waals surface area contributed by atoms with Gasteiger partial charge in [-0.3, -0.25) is 4.90 Å². The van der Waals surface area contributed by atoms with Gasteiger partial charge in [0.15, 0.2) is 0 Å². The summed E-state index contributed by atoms with van der Waals surface area (Å²) in [5, 5.41) is 0. The maximum atomic E-state index is 6.04. The summed E-state index contributed by atoms with van der Waals surface area (Å²) in [6.45, 7) is 3.68. The Balaban J connectivity index is 2.50. The van der Waals surface area contributed by atoms with Crippen LogP contribution in [0.3, 0.4) is 0 Å². The number of likely N-dealkylation sites (N-methyl/N-ethyl adjacent to an activating group) is 1. The van der Waals surface area contributed by atoms with Crippen LogP contribution in [-0.4, -0.2) is 69.8 Å². The Morgan fingerprint density at radius 2 is 1.88 bits per heavy atom. The first-order valence-electron chi connectivity index (χ1n) is 6.62. The van der Waals surface area contributed by atoms with E-state index in [1.54, 1.807) is 7.11 Å². The van der Waals surface area contributed by atoms with Gasteiger partial charge < -0.3 is 15.4 Å². The molecular formula is C13H29N3O. The van der Waals surface area contributed by atoms with E-state index in [9.17, 15) is 0 Å². The summed E-state index contributed by atoms with van der Waals surface area (Å²) in [7, 11) is 8.21. The average Bonchev–Trinajstić information content (AvgIpc) is 3.09. The van der Waals surface area contributed by atoms with Crippen molar-refractivity contribution in [3.63, 3.8) is 0 Å². The summed E-state index contributed by atoms with van der Waals surface area (Å²) in [5.41, 5.74) is 6.11. The molecule has 0 aliphatic heterocycles. The number of ether oxygens (including phenoxy) is 1. The monoisotopic (exact) mass is 243 g/mol. The van der Waals surface area contributed by atoms with Gasteiger partial charge in [-0.25, -0.2) is 0 Å². The van der Waals surface area contributed by atoms with Crippen LogP contribution in [0.4, 0.5) is 0 Å². The number of methoxy groups -OCH3 is 1. The van der Waals surface area contributed by atoms with E-state index in [0.717, 1.165) is 25.6 Å². The van der Waals surface area contributed by atoms with Crippen molar-refractivity contribution in [2.24, 2.45) is 11.7 Å². The average molecular weight is 243 g/mol. The summed E-state index contributed by atoms with van der Waals surface area (Å²) in [4.78, 5) is 4.66. The van der Waals surface area contributed by atoms with Crippen LogP contribution in [0, 0.1) is 5.92 Å². The number of hydrogen-bond acceptors (Lipinski definition) is 4. The molecule has 0 aromatic carbocycles. The summed E-state index contributed by atoms with van der Waals surface area (Å²) in [6, 6.07) is 0. The Morgan fingerprint density at radius 3 is 2.29 bits per heavy atom. The van der Waals surface area contributed by atoms with E-state index in [4.69, 9.17) is 10.5 Å². The second-order valence-corrected chi connectivity index (χ2v) is 5.59. The first-order valence-corrected chi connectivity index (χ1v) is 6.62. The van der Waals surface area contributed by atoms with Crippen molar-refractivity contribution < 1.29 is 4.74 Å². The molecule has 17 heavy (non-hydrogen) atoms. The Bertz CT molecular complexity index is 219. The number of rotatable bonds is 9. The minimum absolute atomic E-state index is 0.0705. The summed E-state index contributed by atoms with van der Waals surface area (Å²) in [5.74, 6) is 0.733. The van der Waals surface area contributed by atoms with Gasteiger partial charge in [0, 0.05) is 13.7 Å². The van der Waals surface area contributed by atoms with E-state index in [1.807, 2.05) is 0 Å². The molecule has 1 aliphatic carbocycles. The molecule has 1 rings (SSSR count). The first kappa shape index (κ1) is 14.9. The van der Waals surface area contributed by atoms with Gasteiger partial charge >= 0.3 is 0 Å². The van der Waals surface area contributed by atoms with Crippen molar-refractivity contribution in [2.45, 2.75) is 24.8 Å². The van der Waals surface area contributed by atoms with Crippen molar-refractivity contribution in [1.82, 2.24) is 9.80 Å². The van der Waals surface area contributed by atoms with Crippen LogP contribution in [0.5, 0.6) is 0 Å². The summed E-state index contributed by atoms with van der Waals surface area (Å²) >= 11 is 0. The third-order valence-electron chi connectivity index (χ3n) is 3.94. The molecule has 1 atom stereocenters. The van der Waals surface area contributed by atoms with Gasteiger partial charge in [0.2, 0.25) is 0 Å². The SMILES string of the molecule is COCC(CN)(C1CC1)N(C)CCCN(C)C. The number of nitrogens with zero attached hydrogens (tertiary/aromatic N) is 2. The van der Waals surface area contributed by atoms with E-state index < -0.39 is 0 Å². The predicted octanol–water partition coefficient (Wildman–Crippen LogP) is 0.624. The molecule has 1 saturated carbocycles. The lowest BCUT2D eigenvalue weighted by atomic mass is 9.92. The maximum absolute atomic E-state index is 6.04. The van der Waals surface area contributed by atoms with Gasteiger partial charge in [-0.15, -0.1) is 0 Å². The lowest BCUT2D eigenvalue weighted by molar-refractivity contribution is 0.0137. The van der Waals surface area contributed by atoms with E-state index in [-0.39, 0.29) is 5.54 Å². The van der Waals surface area contributed by atoms with Gasteiger partial charge in [0.25, 0.3) is 0 Å². The largest absolute Gasteiger partial charge is 0.383 e. The maximum Gasteiger partial charge on any atom is 0.0661 e. The fourth-order valence-electron chi connectivity index (χ4n) is 2.64. The molecule has 1 unspecified atom stereocenters. The van der Waals surface area contributed by atoms with E-state index >= 15 is 0 Å². The van der Waals surface area contributed by atoms with Gasteiger partial charge in [-0.05, 0) is 59.4 Å².